The van der Waals surface area contributed by atoms with Crippen LogP contribution in [0.4, 0.5) is 0 Å². The minimum Gasteiger partial charge on any atom is -0.491 e. The third-order valence-corrected chi connectivity index (χ3v) is 3.78. The quantitative estimate of drug-likeness (QED) is 0.850. The molecular formula is C19H25NO. The fraction of sp³-hybridized carbons (Fsp3) is 0.368. The smallest absolute Gasteiger partial charge is 0.122 e. The van der Waals surface area contributed by atoms with E-state index in [0.717, 1.165) is 17.7 Å². The average molecular weight is 283 g/mol. The van der Waals surface area contributed by atoms with Gasteiger partial charge in [-0.05, 0) is 35.1 Å². The highest BCUT2D eigenvalue weighted by molar-refractivity contribution is 5.35. The van der Waals surface area contributed by atoms with E-state index < -0.39 is 0 Å². The first-order valence-electron chi connectivity index (χ1n) is 7.68. The molecule has 0 spiro atoms. The molecule has 2 aromatic rings. The molecule has 1 unspecified atom stereocenters. The van der Waals surface area contributed by atoms with E-state index >= 15 is 0 Å². The molecule has 0 saturated carbocycles. The highest BCUT2D eigenvalue weighted by atomic mass is 16.5. The zero-order valence-electron chi connectivity index (χ0n) is 13.2. The number of aryl methyl sites for hydroxylation is 1. The van der Waals surface area contributed by atoms with E-state index in [-0.39, 0.29) is 6.04 Å². The SMILES string of the molecule is CCc1ccc(C(N)COc2ccccc2C(C)C)cc1. The summed E-state index contributed by atoms with van der Waals surface area (Å²) in [5.41, 5.74) is 9.91. The van der Waals surface area contributed by atoms with Gasteiger partial charge in [0.2, 0.25) is 0 Å². The van der Waals surface area contributed by atoms with Crippen LogP contribution in [0.15, 0.2) is 48.5 Å². The van der Waals surface area contributed by atoms with Gasteiger partial charge in [0.1, 0.15) is 12.4 Å². The van der Waals surface area contributed by atoms with Crippen molar-refractivity contribution in [2.75, 3.05) is 6.61 Å². The predicted molar refractivity (Wildman–Crippen MR) is 88.8 cm³/mol. The van der Waals surface area contributed by atoms with Crippen LogP contribution in [0.25, 0.3) is 0 Å². The van der Waals surface area contributed by atoms with Gasteiger partial charge in [0.15, 0.2) is 0 Å². The summed E-state index contributed by atoms with van der Waals surface area (Å²) in [7, 11) is 0. The number of rotatable bonds is 6. The first-order chi connectivity index (χ1) is 10.1. The molecule has 0 amide bonds. The molecular weight excluding hydrogens is 258 g/mol. The summed E-state index contributed by atoms with van der Waals surface area (Å²) in [4.78, 5) is 0. The van der Waals surface area contributed by atoms with Crippen LogP contribution in [-0.4, -0.2) is 6.61 Å². The van der Waals surface area contributed by atoms with Crippen molar-refractivity contribution in [3.63, 3.8) is 0 Å². The first kappa shape index (κ1) is 15.6. The van der Waals surface area contributed by atoms with Gasteiger partial charge in [-0.15, -0.1) is 0 Å². The van der Waals surface area contributed by atoms with E-state index in [4.69, 9.17) is 10.5 Å². The Hall–Kier alpha value is -1.80. The van der Waals surface area contributed by atoms with Gasteiger partial charge in [0, 0.05) is 0 Å². The molecule has 1 atom stereocenters. The van der Waals surface area contributed by atoms with E-state index in [0.29, 0.717) is 12.5 Å². The third kappa shape index (κ3) is 4.08. The van der Waals surface area contributed by atoms with Crippen molar-refractivity contribution in [3.05, 3.63) is 65.2 Å². The lowest BCUT2D eigenvalue weighted by Gasteiger charge is -2.17. The lowest BCUT2D eigenvalue weighted by atomic mass is 10.0. The maximum Gasteiger partial charge on any atom is 0.122 e. The van der Waals surface area contributed by atoms with Gasteiger partial charge in [0.25, 0.3) is 0 Å². The van der Waals surface area contributed by atoms with Crippen LogP contribution in [0, 0.1) is 0 Å². The number of benzene rings is 2. The van der Waals surface area contributed by atoms with Gasteiger partial charge in [-0.1, -0.05) is 63.2 Å². The van der Waals surface area contributed by atoms with Crippen molar-refractivity contribution in [2.45, 2.75) is 39.2 Å². The molecule has 0 aliphatic carbocycles. The van der Waals surface area contributed by atoms with Crippen LogP contribution in [0.5, 0.6) is 5.75 Å². The Balaban J connectivity index is 2.02. The Kier molecular flexibility index (Phi) is 5.40. The number of para-hydroxylation sites is 1. The molecule has 0 aliphatic rings. The minimum atomic E-state index is -0.101. The van der Waals surface area contributed by atoms with Crippen molar-refractivity contribution < 1.29 is 4.74 Å². The lowest BCUT2D eigenvalue weighted by molar-refractivity contribution is 0.287. The largest absolute Gasteiger partial charge is 0.491 e. The molecule has 0 aliphatic heterocycles. The summed E-state index contributed by atoms with van der Waals surface area (Å²) in [5.74, 6) is 1.38. The molecule has 0 radical (unpaired) electrons. The molecule has 0 aromatic heterocycles. The summed E-state index contributed by atoms with van der Waals surface area (Å²) >= 11 is 0. The highest BCUT2D eigenvalue weighted by Gasteiger charge is 2.10. The van der Waals surface area contributed by atoms with E-state index in [9.17, 15) is 0 Å². The van der Waals surface area contributed by atoms with Gasteiger partial charge >= 0.3 is 0 Å². The Labute approximate surface area is 127 Å². The molecule has 112 valence electrons. The summed E-state index contributed by atoms with van der Waals surface area (Å²) in [5, 5.41) is 0. The van der Waals surface area contributed by atoms with Gasteiger partial charge in [-0.2, -0.15) is 0 Å². The first-order valence-corrected chi connectivity index (χ1v) is 7.68. The van der Waals surface area contributed by atoms with Crippen LogP contribution < -0.4 is 10.5 Å². The van der Waals surface area contributed by atoms with Crippen molar-refractivity contribution in [3.8, 4) is 5.75 Å². The second kappa shape index (κ2) is 7.28. The van der Waals surface area contributed by atoms with Gasteiger partial charge < -0.3 is 10.5 Å². The van der Waals surface area contributed by atoms with Crippen LogP contribution in [0.3, 0.4) is 0 Å². The van der Waals surface area contributed by atoms with Crippen LogP contribution in [0.2, 0.25) is 0 Å². The van der Waals surface area contributed by atoms with Crippen LogP contribution >= 0.6 is 0 Å². The zero-order valence-corrected chi connectivity index (χ0v) is 13.2. The van der Waals surface area contributed by atoms with E-state index in [1.807, 2.05) is 18.2 Å². The number of hydrogen-bond donors (Lipinski definition) is 1. The number of ether oxygens (including phenoxy) is 1. The van der Waals surface area contributed by atoms with Gasteiger partial charge in [0.05, 0.1) is 6.04 Å². The maximum absolute atomic E-state index is 6.24. The number of nitrogens with two attached hydrogens (primary N) is 1. The van der Waals surface area contributed by atoms with Crippen molar-refractivity contribution in [1.29, 1.82) is 0 Å². The van der Waals surface area contributed by atoms with Crippen molar-refractivity contribution in [2.24, 2.45) is 5.73 Å². The molecule has 21 heavy (non-hydrogen) atoms. The topological polar surface area (TPSA) is 35.2 Å². The Morgan fingerprint density at radius 2 is 1.67 bits per heavy atom. The molecule has 0 heterocycles. The molecule has 2 heteroatoms. The number of hydrogen-bond acceptors (Lipinski definition) is 2. The van der Waals surface area contributed by atoms with Crippen molar-refractivity contribution in [1.82, 2.24) is 0 Å². The summed E-state index contributed by atoms with van der Waals surface area (Å²) < 4.78 is 5.95. The normalized spacial score (nSPS) is 12.4. The fourth-order valence-electron chi connectivity index (χ4n) is 2.37. The Morgan fingerprint density at radius 1 is 1.00 bits per heavy atom. The van der Waals surface area contributed by atoms with Crippen LogP contribution in [0.1, 0.15) is 49.4 Å². The monoisotopic (exact) mass is 283 g/mol. The summed E-state index contributed by atoms with van der Waals surface area (Å²) in [6, 6.07) is 16.5. The molecule has 2 N–H and O–H groups in total. The summed E-state index contributed by atoms with van der Waals surface area (Å²) in [6.45, 7) is 6.99. The Morgan fingerprint density at radius 3 is 2.29 bits per heavy atom. The van der Waals surface area contributed by atoms with E-state index in [1.54, 1.807) is 0 Å². The average Bonchev–Trinajstić information content (AvgIpc) is 2.52. The van der Waals surface area contributed by atoms with Gasteiger partial charge in [-0.25, -0.2) is 0 Å². The second-order valence-corrected chi connectivity index (χ2v) is 5.71. The lowest BCUT2D eigenvalue weighted by Crippen LogP contribution is -2.19. The van der Waals surface area contributed by atoms with Crippen molar-refractivity contribution >= 4 is 0 Å². The Bertz CT molecular complexity index is 560. The zero-order chi connectivity index (χ0) is 15.2. The van der Waals surface area contributed by atoms with E-state index in [2.05, 4.69) is 51.1 Å². The fourth-order valence-corrected chi connectivity index (χ4v) is 2.37. The summed E-state index contributed by atoms with van der Waals surface area (Å²) in [6.07, 6.45) is 1.05. The third-order valence-electron chi connectivity index (χ3n) is 3.78. The maximum atomic E-state index is 6.24. The molecule has 0 saturated heterocycles. The van der Waals surface area contributed by atoms with E-state index in [1.165, 1.54) is 11.1 Å². The minimum absolute atomic E-state index is 0.101. The second-order valence-electron chi connectivity index (χ2n) is 5.71. The van der Waals surface area contributed by atoms with Gasteiger partial charge in [-0.3, -0.25) is 0 Å². The predicted octanol–water partition coefficient (Wildman–Crippen LogP) is 4.45. The molecule has 2 aromatic carbocycles. The van der Waals surface area contributed by atoms with Crippen LogP contribution in [-0.2, 0) is 6.42 Å². The molecule has 2 nitrogen and oxygen atoms in total. The highest BCUT2D eigenvalue weighted by Crippen LogP contribution is 2.26. The molecule has 0 fully saturated rings. The standard InChI is InChI=1S/C19H25NO/c1-4-15-9-11-16(12-10-15)18(20)13-21-19-8-6-5-7-17(19)14(2)3/h5-12,14,18H,4,13,20H2,1-3H3. The molecule has 0 bridgehead atoms. The molecule has 2 rings (SSSR count).